The Morgan fingerprint density at radius 3 is 2.77 bits per heavy atom. The first-order chi connectivity index (χ1) is 12.6. The van der Waals surface area contributed by atoms with Crippen LogP contribution in [0.15, 0.2) is 41.9 Å². The number of aromatic nitrogens is 3. The highest BCUT2D eigenvalue weighted by Gasteiger charge is 2.15. The maximum absolute atomic E-state index is 12.3. The van der Waals surface area contributed by atoms with Crippen LogP contribution in [0.4, 0.5) is 5.00 Å². The lowest BCUT2D eigenvalue weighted by molar-refractivity contribution is 0.103. The molecule has 1 amide bonds. The molecular weight excluding hydrogens is 384 g/mol. The number of rotatable bonds is 4. The summed E-state index contributed by atoms with van der Waals surface area (Å²) in [4.78, 5) is 18.4. The summed E-state index contributed by atoms with van der Waals surface area (Å²) in [6, 6.07) is 10.3. The Morgan fingerprint density at radius 1 is 1.15 bits per heavy atom. The van der Waals surface area contributed by atoms with Crippen LogP contribution in [-0.4, -0.2) is 20.5 Å². The van der Waals surface area contributed by atoms with Gasteiger partial charge in [-0.05, 0) is 54.7 Å². The molecule has 5 nitrogen and oxygen atoms in total. The van der Waals surface area contributed by atoms with Crippen LogP contribution in [0.25, 0.3) is 21.0 Å². The summed E-state index contributed by atoms with van der Waals surface area (Å²) >= 11 is 4.28. The fourth-order valence-corrected chi connectivity index (χ4v) is 4.71. The number of aryl methyl sites for hydroxylation is 2. The van der Waals surface area contributed by atoms with E-state index >= 15 is 0 Å². The van der Waals surface area contributed by atoms with Crippen LogP contribution in [0.2, 0.25) is 0 Å². The van der Waals surface area contributed by atoms with Gasteiger partial charge in [0, 0.05) is 22.0 Å². The molecule has 4 aromatic rings. The van der Waals surface area contributed by atoms with E-state index in [-0.39, 0.29) is 5.91 Å². The van der Waals surface area contributed by atoms with Crippen molar-refractivity contribution in [2.75, 3.05) is 5.32 Å². The Bertz CT molecular complexity index is 1070. The Hall–Kier alpha value is -2.42. The fraction of sp³-hybridized carbons (Fsp3) is 0.111. The normalized spacial score (nSPS) is 10.8. The van der Waals surface area contributed by atoms with Crippen molar-refractivity contribution >= 4 is 45.1 Å². The molecule has 4 rings (SSSR count). The summed E-state index contributed by atoms with van der Waals surface area (Å²) in [7, 11) is 0. The van der Waals surface area contributed by atoms with Crippen LogP contribution in [0.1, 0.15) is 20.9 Å². The minimum Gasteiger partial charge on any atom is -0.313 e. The van der Waals surface area contributed by atoms with Crippen molar-refractivity contribution in [2.24, 2.45) is 0 Å². The SMILES string of the molecule is Cc1ccc(-c2nccs2)cc1-c1ccc(NC(=O)c2snnc2C)s1. The van der Waals surface area contributed by atoms with Gasteiger partial charge in [0.25, 0.3) is 5.91 Å². The van der Waals surface area contributed by atoms with E-state index in [4.69, 9.17) is 0 Å². The number of thiophene rings is 1. The second-order valence-electron chi connectivity index (χ2n) is 5.67. The molecular formula is C18H14N4OS3. The van der Waals surface area contributed by atoms with E-state index in [0.717, 1.165) is 37.5 Å². The van der Waals surface area contributed by atoms with Gasteiger partial charge in [0.05, 0.1) is 10.7 Å². The second-order valence-corrected chi connectivity index (χ2v) is 8.40. The quantitative estimate of drug-likeness (QED) is 0.509. The third-order valence-corrected chi connectivity index (χ3v) is 6.57. The average molecular weight is 399 g/mol. The van der Waals surface area contributed by atoms with Gasteiger partial charge in [-0.1, -0.05) is 16.6 Å². The van der Waals surface area contributed by atoms with Crippen molar-refractivity contribution in [3.63, 3.8) is 0 Å². The summed E-state index contributed by atoms with van der Waals surface area (Å²) < 4.78 is 3.81. The minimum absolute atomic E-state index is 0.167. The van der Waals surface area contributed by atoms with E-state index in [1.54, 1.807) is 29.6 Å². The molecule has 0 unspecified atom stereocenters. The zero-order valence-electron chi connectivity index (χ0n) is 14.0. The Balaban J connectivity index is 1.61. The molecule has 0 aliphatic carbocycles. The van der Waals surface area contributed by atoms with E-state index in [0.29, 0.717) is 10.6 Å². The number of hydrogen-bond donors (Lipinski definition) is 1. The number of carbonyl (C=O) groups excluding carboxylic acids is 1. The number of anilines is 1. The molecule has 1 aromatic carbocycles. The number of carbonyl (C=O) groups is 1. The molecule has 0 aliphatic rings. The number of hydrogen-bond acceptors (Lipinski definition) is 7. The molecule has 130 valence electrons. The van der Waals surface area contributed by atoms with Crippen molar-refractivity contribution in [1.82, 2.24) is 14.6 Å². The smallest absolute Gasteiger partial charge is 0.269 e. The molecule has 1 N–H and O–H groups in total. The standard InChI is InChI=1S/C18H14N4OS3/c1-10-3-4-12(18-19-7-8-24-18)9-13(10)14-5-6-15(25-14)20-17(23)16-11(2)21-22-26-16/h3-9H,1-2H3,(H,20,23). The Morgan fingerprint density at radius 2 is 2.04 bits per heavy atom. The number of thiazole rings is 1. The van der Waals surface area contributed by atoms with Gasteiger partial charge in [0.1, 0.15) is 9.88 Å². The largest absolute Gasteiger partial charge is 0.313 e. The van der Waals surface area contributed by atoms with Crippen molar-refractivity contribution in [2.45, 2.75) is 13.8 Å². The molecule has 0 saturated carbocycles. The predicted molar refractivity (Wildman–Crippen MR) is 108 cm³/mol. The summed E-state index contributed by atoms with van der Waals surface area (Å²) in [5, 5.41) is 10.6. The van der Waals surface area contributed by atoms with Crippen LogP contribution in [0.5, 0.6) is 0 Å². The number of amides is 1. The molecule has 0 fully saturated rings. The first-order valence-corrected chi connectivity index (χ1v) is 10.3. The highest BCUT2D eigenvalue weighted by molar-refractivity contribution is 7.19. The highest BCUT2D eigenvalue weighted by atomic mass is 32.1. The lowest BCUT2D eigenvalue weighted by Crippen LogP contribution is -2.10. The minimum atomic E-state index is -0.167. The molecule has 0 atom stereocenters. The molecule has 0 radical (unpaired) electrons. The second kappa shape index (κ2) is 7.06. The zero-order valence-corrected chi connectivity index (χ0v) is 16.5. The van der Waals surface area contributed by atoms with Crippen LogP contribution in [0, 0.1) is 13.8 Å². The van der Waals surface area contributed by atoms with Gasteiger partial charge >= 0.3 is 0 Å². The molecule has 3 aromatic heterocycles. The third-order valence-electron chi connectivity index (χ3n) is 3.88. The Kier molecular flexibility index (Phi) is 4.62. The molecule has 26 heavy (non-hydrogen) atoms. The van der Waals surface area contributed by atoms with Crippen molar-refractivity contribution < 1.29 is 4.79 Å². The summed E-state index contributed by atoms with van der Waals surface area (Å²) in [6.45, 7) is 3.87. The molecule has 8 heteroatoms. The summed E-state index contributed by atoms with van der Waals surface area (Å²) in [6.07, 6.45) is 1.81. The molecule has 3 heterocycles. The molecule has 0 bridgehead atoms. The zero-order chi connectivity index (χ0) is 18.1. The van der Waals surface area contributed by atoms with Gasteiger partial charge in [-0.15, -0.1) is 27.8 Å². The number of nitrogens with zero attached hydrogens (tertiary/aromatic N) is 3. The van der Waals surface area contributed by atoms with Crippen LogP contribution < -0.4 is 5.32 Å². The third kappa shape index (κ3) is 3.31. The first kappa shape index (κ1) is 17.0. The summed E-state index contributed by atoms with van der Waals surface area (Å²) in [5.74, 6) is -0.167. The number of benzene rings is 1. The predicted octanol–water partition coefficient (Wildman–Crippen LogP) is 5.26. The Labute approximate surface area is 162 Å². The van der Waals surface area contributed by atoms with Crippen molar-refractivity contribution in [3.05, 3.63) is 58.0 Å². The van der Waals surface area contributed by atoms with E-state index in [1.165, 1.54) is 5.56 Å². The lowest BCUT2D eigenvalue weighted by Gasteiger charge is -2.06. The van der Waals surface area contributed by atoms with Crippen LogP contribution >= 0.6 is 34.2 Å². The number of nitrogens with one attached hydrogen (secondary N) is 1. The maximum atomic E-state index is 12.3. The molecule has 0 aliphatic heterocycles. The van der Waals surface area contributed by atoms with Crippen molar-refractivity contribution in [3.8, 4) is 21.0 Å². The van der Waals surface area contributed by atoms with E-state index in [9.17, 15) is 4.79 Å². The van der Waals surface area contributed by atoms with Gasteiger partial charge < -0.3 is 5.32 Å². The van der Waals surface area contributed by atoms with E-state index < -0.39 is 0 Å². The van der Waals surface area contributed by atoms with Gasteiger partial charge in [0.15, 0.2) is 0 Å². The average Bonchev–Trinajstić information content (AvgIpc) is 3.36. The van der Waals surface area contributed by atoms with Gasteiger partial charge in [-0.3, -0.25) is 4.79 Å². The van der Waals surface area contributed by atoms with Crippen LogP contribution in [0.3, 0.4) is 0 Å². The fourth-order valence-electron chi connectivity index (χ4n) is 2.54. The summed E-state index contributed by atoms with van der Waals surface area (Å²) in [5.41, 5.74) is 4.09. The topological polar surface area (TPSA) is 67.8 Å². The monoisotopic (exact) mass is 398 g/mol. The van der Waals surface area contributed by atoms with Crippen molar-refractivity contribution in [1.29, 1.82) is 0 Å². The molecule has 0 saturated heterocycles. The lowest BCUT2D eigenvalue weighted by atomic mass is 10.0. The van der Waals surface area contributed by atoms with E-state index in [2.05, 4.69) is 45.0 Å². The van der Waals surface area contributed by atoms with Gasteiger partial charge in [-0.25, -0.2) is 4.98 Å². The van der Waals surface area contributed by atoms with Gasteiger partial charge in [0.2, 0.25) is 0 Å². The maximum Gasteiger partial charge on any atom is 0.269 e. The first-order valence-electron chi connectivity index (χ1n) is 7.83. The van der Waals surface area contributed by atoms with Gasteiger partial charge in [-0.2, -0.15) is 0 Å². The highest BCUT2D eigenvalue weighted by Crippen LogP contribution is 2.36. The molecule has 0 spiro atoms. The van der Waals surface area contributed by atoms with E-state index in [1.807, 2.05) is 23.7 Å². The van der Waals surface area contributed by atoms with Crippen LogP contribution in [-0.2, 0) is 0 Å².